The third-order valence-corrected chi connectivity index (χ3v) is 1.60. The Bertz CT molecular complexity index is 206. The van der Waals surface area contributed by atoms with Gasteiger partial charge in [0.05, 0.1) is 6.07 Å². The van der Waals surface area contributed by atoms with Gasteiger partial charge in [-0.1, -0.05) is 0 Å². The van der Waals surface area contributed by atoms with Crippen molar-refractivity contribution in [1.82, 2.24) is 5.32 Å². The van der Waals surface area contributed by atoms with Crippen LogP contribution in [0, 0.1) is 11.3 Å². The Kier molecular flexibility index (Phi) is 3.71. The minimum atomic E-state index is -0.870. The Morgan fingerprint density at radius 1 is 1.67 bits per heavy atom. The molecule has 4 heteroatoms. The number of nitrogens with zero attached hydrogens (tertiary/aromatic N) is 1. The van der Waals surface area contributed by atoms with Crippen molar-refractivity contribution in [2.24, 2.45) is 0 Å². The zero-order valence-corrected chi connectivity index (χ0v) is 7.84. The topological polar surface area (TPSA) is 62.1 Å². The van der Waals surface area contributed by atoms with Crippen molar-refractivity contribution in [3.8, 4) is 6.07 Å². The van der Waals surface area contributed by atoms with Crippen molar-refractivity contribution in [3.63, 3.8) is 0 Å². The Morgan fingerprint density at radius 2 is 2.17 bits per heavy atom. The van der Waals surface area contributed by atoms with Gasteiger partial charge in [0.15, 0.2) is 0 Å². The Balaban J connectivity index is 4.15. The molecule has 0 aliphatic carbocycles. The summed E-state index contributed by atoms with van der Waals surface area (Å²) in [7, 11) is 1.45. The third kappa shape index (κ3) is 2.89. The van der Waals surface area contributed by atoms with Gasteiger partial charge in [-0.05, 0) is 20.8 Å². The molecule has 68 valence electrons. The van der Waals surface area contributed by atoms with Crippen LogP contribution in [-0.2, 0) is 9.53 Å². The number of methoxy groups -OCH3 is 1. The number of hydrogen-bond donors (Lipinski definition) is 1. The van der Waals surface area contributed by atoms with Gasteiger partial charge >= 0.3 is 0 Å². The lowest BCUT2D eigenvalue weighted by Gasteiger charge is -2.22. The standard InChI is InChI=1S/C8H14N2O2/c1-6(5-9)10-7(11)8(2,3)12-4/h6H,1-4H3,(H,10,11)/t6-/m1/s1. The van der Waals surface area contributed by atoms with Crippen LogP contribution in [0.4, 0.5) is 0 Å². The van der Waals surface area contributed by atoms with Crippen molar-refractivity contribution in [2.45, 2.75) is 32.4 Å². The molecule has 0 aromatic carbocycles. The molecule has 0 bridgehead atoms. The lowest BCUT2D eigenvalue weighted by molar-refractivity contribution is -0.139. The maximum atomic E-state index is 11.3. The number of amides is 1. The molecule has 0 fully saturated rings. The Morgan fingerprint density at radius 3 is 2.50 bits per heavy atom. The highest BCUT2D eigenvalue weighted by Gasteiger charge is 2.27. The lowest BCUT2D eigenvalue weighted by Crippen LogP contribution is -2.46. The summed E-state index contributed by atoms with van der Waals surface area (Å²) in [6.07, 6.45) is 0. The third-order valence-electron chi connectivity index (χ3n) is 1.60. The molecule has 0 saturated heterocycles. The van der Waals surface area contributed by atoms with Gasteiger partial charge < -0.3 is 10.1 Å². The van der Waals surface area contributed by atoms with Gasteiger partial charge in [-0.25, -0.2) is 0 Å². The molecule has 0 spiro atoms. The summed E-state index contributed by atoms with van der Waals surface area (Å²) in [6.45, 7) is 4.91. The largest absolute Gasteiger partial charge is 0.369 e. The molecule has 0 aromatic rings. The number of carbonyl (C=O) groups excluding carboxylic acids is 1. The van der Waals surface area contributed by atoms with E-state index >= 15 is 0 Å². The van der Waals surface area contributed by atoms with E-state index in [4.69, 9.17) is 10.00 Å². The molecule has 1 amide bonds. The maximum absolute atomic E-state index is 11.3. The summed E-state index contributed by atoms with van der Waals surface area (Å²) in [5, 5.41) is 10.9. The van der Waals surface area contributed by atoms with E-state index in [1.54, 1.807) is 20.8 Å². The summed E-state index contributed by atoms with van der Waals surface area (Å²) < 4.78 is 4.92. The SMILES string of the molecule is COC(C)(C)C(=O)N[C@H](C)C#N. The molecule has 0 saturated carbocycles. The van der Waals surface area contributed by atoms with E-state index in [0.717, 1.165) is 0 Å². The highest BCUT2D eigenvalue weighted by atomic mass is 16.5. The van der Waals surface area contributed by atoms with Crippen LogP contribution >= 0.6 is 0 Å². The van der Waals surface area contributed by atoms with Crippen LogP contribution < -0.4 is 5.32 Å². The molecule has 0 aliphatic heterocycles. The monoisotopic (exact) mass is 170 g/mol. The molecule has 1 atom stereocenters. The van der Waals surface area contributed by atoms with Gasteiger partial charge in [0, 0.05) is 7.11 Å². The minimum absolute atomic E-state index is 0.279. The molecule has 0 rings (SSSR count). The van der Waals surface area contributed by atoms with E-state index < -0.39 is 11.6 Å². The van der Waals surface area contributed by atoms with Crippen molar-refractivity contribution in [3.05, 3.63) is 0 Å². The van der Waals surface area contributed by atoms with E-state index in [1.807, 2.05) is 6.07 Å². The van der Waals surface area contributed by atoms with E-state index in [-0.39, 0.29) is 5.91 Å². The Hall–Kier alpha value is -1.08. The number of hydrogen-bond acceptors (Lipinski definition) is 3. The normalized spacial score (nSPS) is 13.2. The maximum Gasteiger partial charge on any atom is 0.252 e. The van der Waals surface area contributed by atoms with Crippen LogP contribution in [0.5, 0.6) is 0 Å². The minimum Gasteiger partial charge on any atom is -0.369 e. The second-order valence-corrected chi connectivity index (χ2v) is 3.04. The van der Waals surface area contributed by atoms with Crippen molar-refractivity contribution < 1.29 is 9.53 Å². The molecule has 4 nitrogen and oxygen atoms in total. The van der Waals surface area contributed by atoms with Gasteiger partial charge in [0.1, 0.15) is 11.6 Å². The summed E-state index contributed by atoms with van der Waals surface area (Å²) in [6, 6.07) is 1.42. The fraction of sp³-hybridized carbons (Fsp3) is 0.750. The average Bonchev–Trinajstić information content (AvgIpc) is 2.04. The van der Waals surface area contributed by atoms with Crippen LogP contribution in [0.3, 0.4) is 0 Å². The van der Waals surface area contributed by atoms with Crippen molar-refractivity contribution in [2.75, 3.05) is 7.11 Å². The predicted molar refractivity (Wildman–Crippen MR) is 44.3 cm³/mol. The number of carbonyl (C=O) groups is 1. The zero-order valence-electron chi connectivity index (χ0n) is 7.84. The first kappa shape index (κ1) is 10.9. The second kappa shape index (κ2) is 4.07. The van der Waals surface area contributed by atoms with Gasteiger partial charge in [0.2, 0.25) is 0 Å². The number of nitriles is 1. The Labute approximate surface area is 72.5 Å². The predicted octanol–water partition coefficient (Wildman–Crippen LogP) is 0.440. The number of nitrogens with one attached hydrogen (secondary N) is 1. The molecule has 12 heavy (non-hydrogen) atoms. The highest BCUT2D eigenvalue weighted by Crippen LogP contribution is 2.06. The van der Waals surface area contributed by atoms with Crippen LogP contribution in [0.1, 0.15) is 20.8 Å². The highest BCUT2D eigenvalue weighted by molar-refractivity contribution is 5.84. The summed E-state index contributed by atoms with van der Waals surface area (Å²) in [4.78, 5) is 11.3. The van der Waals surface area contributed by atoms with Crippen LogP contribution in [0.2, 0.25) is 0 Å². The molecular formula is C8H14N2O2. The summed E-state index contributed by atoms with van der Waals surface area (Å²) >= 11 is 0. The summed E-state index contributed by atoms with van der Waals surface area (Å²) in [5.74, 6) is -0.279. The molecular weight excluding hydrogens is 156 g/mol. The van der Waals surface area contributed by atoms with E-state index in [0.29, 0.717) is 0 Å². The molecule has 0 radical (unpaired) electrons. The number of rotatable bonds is 3. The van der Waals surface area contributed by atoms with Crippen molar-refractivity contribution >= 4 is 5.91 Å². The van der Waals surface area contributed by atoms with Crippen molar-refractivity contribution in [1.29, 1.82) is 5.26 Å². The van der Waals surface area contributed by atoms with E-state index in [2.05, 4.69) is 5.32 Å². The molecule has 1 N–H and O–H groups in total. The molecule has 0 aromatic heterocycles. The quantitative estimate of drug-likeness (QED) is 0.668. The fourth-order valence-electron chi connectivity index (χ4n) is 0.495. The summed E-state index contributed by atoms with van der Waals surface area (Å²) in [5.41, 5.74) is -0.870. The smallest absolute Gasteiger partial charge is 0.252 e. The first-order valence-corrected chi connectivity index (χ1v) is 3.69. The van der Waals surface area contributed by atoms with Crippen LogP contribution in [0.15, 0.2) is 0 Å². The first-order valence-electron chi connectivity index (χ1n) is 3.69. The van der Waals surface area contributed by atoms with E-state index in [1.165, 1.54) is 7.11 Å². The van der Waals surface area contributed by atoms with Crippen LogP contribution in [-0.4, -0.2) is 24.7 Å². The zero-order chi connectivity index (χ0) is 9.78. The van der Waals surface area contributed by atoms with Gasteiger partial charge in [-0.15, -0.1) is 0 Å². The van der Waals surface area contributed by atoms with Gasteiger partial charge in [-0.3, -0.25) is 4.79 Å². The van der Waals surface area contributed by atoms with Gasteiger partial charge in [-0.2, -0.15) is 5.26 Å². The molecule has 0 heterocycles. The first-order chi connectivity index (χ1) is 5.44. The fourth-order valence-corrected chi connectivity index (χ4v) is 0.495. The number of ether oxygens (including phenoxy) is 1. The second-order valence-electron chi connectivity index (χ2n) is 3.04. The molecule has 0 aliphatic rings. The lowest BCUT2D eigenvalue weighted by atomic mass is 10.1. The average molecular weight is 170 g/mol. The van der Waals surface area contributed by atoms with Gasteiger partial charge in [0.25, 0.3) is 5.91 Å². The van der Waals surface area contributed by atoms with Crippen LogP contribution in [0.25, 0.3) is 0 Å². The molecule has 0 unspecified atom stereocenters. The van der Waals surface area contributed by atoms with E-state index in [9.17, 15) is 4.79 Å².